The van der Waals surface area contributed by atoms with E-state index in [-0.39, 0.29) is 23.1 Å². The Morgan fingerprint density at radius 1 is 0.603 bits per heavy atom. The van der Waals surface area contributed by atoms with Gasteiger partial charge in [-0.2, -0.15) is 0 Å². The molecule has 1 fully saturated rings. The molecular formula is C58H50BN3O. The third kappa shape index (κ3) is 4.94. The topological polar surface area (TPSA) is 22.9 Å². The Balaban J connectivity index is 1.13. The highest BCUT2D eigenvalue weighted by Crippen LogP contribution is 2.62. The van der Waals surface area contributed by atoms with Crippen LogP contribution in [-0.4, -0.2) is 12.3 Å². The van der Waals surface area contributed by atoms with E-state index in [1.54, 1.807) is 0 Å². The fraction of sp³-hybridized carbons (Fsp3) is 0.207. The lowest BCUT2D eigenvalue weighted by atomic mass is 9.33. The first-order valence-electron chi connectivity index (χ1n) is 22.9. The van der Waals surface area contributed by atoms with Crippen LogP contribution >= 0.6 is 0 Å². The van der Waals surface area contributed by atoms with Crippen LogP contribution in [0.3, 0.4) is 0 Å². The van der Waals surface area contributed by atoms with Gasteiger partial charge in [0.2, 0.25) is 0 Å². The molecule has 9 aromatic rings. The van der Waals surface area contributed by atoms with Crippen molar-refractivity contribution in [3.63, 3.8) is 0 Å². The second kappa shape index (κ2) is 12.9. The summed E-state index contributed by atoms with van der Waals surface area (Å²) in [5.41, 5.74) is 18.5. The molecular weight excluding hydrogens is 765 g/mol. The summed E-state index contributed by atoms with van der Waals surface area (Å²) in [5, 5.41) is 4.62. The molecule has 0 N–H and O–H groups in total. The summed E-state index contributed by atoms with van der Waals surface area (Å²) in [5.74, 6) is 0. The third-order valence-electron chi connectivity index (χ3n) is 15.7. The second-order valence-electron chi connectivity index (χ2n) is 20.0. The lowest BCUT2D eigenvalue weighted by molar-refractivity contribution is 0.195. The number of nitrogens with zero attached hydrogens (tertiary/aromatic N) is 3. The molecule has 13 rings (SSSR count). The van der Waals surface area contributed by atoms with E-state index >= 15 is 0 Å². The number of anilines is 8. The summed E-state index contributed by atoms with van der Waals surface area (Å²) in [6, 6.07) is 61.2. The van der Waals surface area contributed by atoms with Crippen LogP contribution < -0.4 is 31.1 Å². The van der Waals surface area contributed by atoms with Gasteiger partial charge in [-0.05, 0) is 113 Å². The average Bonchev–Trinajstić information content (AvgIpc) is 3.79. The molecule has 2 unspecified atom stereocenters. The number of furan rings is 1. The van der Waals surface area contributed by atoms with Gasteiger partial charge in [0.15, 0.2) is 5.58 Å². The van der Waals surface area contributed by atoms with E-state index in [1.807, 2.05) is 0 Å². The SMILES string of the molecule is CC(C)(C)c1cc2c3c(c1)N1c4c(cccc4C4(C)CCCCC14C)B3c1ccc(N(c3cccc4ccccc34)c3cccc4c3oc3ccccc34)cc1N2c1ccccc1. The van der Waals surface area contributed by atoms with E-state index in [1.165, 1.54) is 86.7 Å². The first kappa shape index (κ1) is 36.9. The molecule has 2 atom stereocenters. The first-order valence-corrected chi connectivity index (χ1v) is 22.9. The minimum atomic E-state index is -0.0712. The Labute approximate surface area is 370 Å². The molecule has 4 nitrogen and oxygen atoms in total. The maximum absolute atomic E-state index is 6.84. The number of benzene rings is 8. The molecule has 306 valence electrons. The van der Waals surface area contributed by atoms with E-state index in [0.717, 1.165) is 44.7 Å². The summed E-state index contributed by atoms with van der Waals surface area (Å²) in [7, 11) is 0. The Morgan fingerprint density at radius 2 is 1.30 bits per heavy atom. The van der Waals surface area contributed by atoms with Crippen LogP contribution in [0.15, 0.2) is 168 Å². The normalized spacial score (nSPS) is 19.6. The molecule has 1 aromatic heterocycles. The van der Waals surface area contributed by atoms with Crippen molar-refractivity contribution in [1.29, 1.82) is 0 Å². The third-order valence-corrected chi connectivity index (χ3v) is 15.7. The monoisotopic (exact) mass is 815 g/mol. The summed E-state index contributed by atoms with van der Waals surface area (Å²) in [6.07, 6.45) is 4.92. The molecule has 8 aromatic carbocycles. The molecule has 5 heteroatoms. The van der Waals surface area contributed by atoms with Crippen LogP contribution in [0.2, 0.25) is 0 Å². The van der Waals surface area contributed by atoms with Crippen molar-refractivity contribution in [3.8, 4) is 0 Å². The molecule has 0 bridgehead atoms. The van der Waals surface area contributed by atoms with E-state index in [2.05, 4.69) is 213 Å². The molecule has 4 aliphatic rings. The predicted molar refractivity (Wildman–Crippen MR) is 267 cm³/mol. The predicted octanol–water partition coefficient (Wildman–Crippen LogP) is 13.9. The number of fused-ring (bicyclic) bond motifs is 11. The van der Waals surface area contributed by atoms with Crippen molar-refractivity contribution in [2.75, 3.05) is 14.7 Å². The number of hydrogen-bond donors (Lipinski definition) is 0. The molecule has 1 saturated carbocycles. The largest absolute Gasteiger partial charge is 0.454 e. The van der Waals surface area contributed by atoms with Gasteiger partial charge in [-0.3, -0.25) is 0 Å². The van der Waals surface area contributed by atoms with E-state index in [4.69, 9.17) is 4.42 Å². The highest BCUT2D eigenvalue weighted by molar-refractivity contribution is 7.00. The molecule has 63 heavy (non-hydrogen) atoms. The Hall–Kier alpha value is -6.72. The van der Waals surface area contributed by atoms with Crippen LogP contribution in [0.1, 0.15) is 71.4 Å². The highest BCUT2D eigenvalue weighted by atomic mass is 16.3. The molecule has 4 heterocycles. The summed E-state index contributed by atoms with van der Waals surface area (Å²) in [4.78, 5) is 7.87. The summed E-state index contributed by atoms with van der Waals surface area (Å²) in [6.45, 7) is 12.3. The summed E-state index contributed by atoms with van der Waals surface area (Å²) < 4.78 is 6.84. The first-order chi connectivity index (χ1) is 30.6. The van der Waals surface area contributed by atoms with Crippen LogP contribution in [-0.2, 0) is 10.8 Å². The fourth-order valence-corrected chi connectivity index (χ4v) is 12.4. The molecule has 0 radical (unpaired) electrons. The molecule has 0 amide bonds. The maximum atomic E-state index is 6.84. The van der Waals surface area contributed by atoms with Crippen molar-refractivity contribution < 1.29 is 4.42 Å². The van der Waals surface area contributed by atoms with Crippen molar-refractivity contribution in [2.45, 2.75) is 76.7 Å². The number of rotatable bonds is 4. The van der Waals surface area contributed by atoms with Gasteiger partial charge in [-0.1, -0.05) is 150 Å². The maximum Gasteiger partial charge on any atom is 0.252 e. The van der Waals surface area contributed by atoms with Crippen molar-refractivity contribution in [1.82, 2.24) is 0 Å². The van der Waals surface area contributed by atoms with Gasteiger partial charge >= 0.3 is 0 Å². The van der Waals surface area contributed by atoms with E-state index < -0.39 is 0 Å². The lowest BCUT2D eigenvalue weighted by Gasteiger charge is -2.53. The molecule has 0 saturated heterocycles. The van der Waals surface area contributed by atoms with Gasteiger partial charge in [0.1, 0.15) is 5.58 Å². The average molecular weight is 816 g/mol. The fourth-order valence-electron chi connectivity index (χ4n) is 12.4. The van der Waals surface area contributed by atoms with Crippen LogP contribution in [0.4, 0.5) is 45.5 Å². The van der Waals surface area contributed by atoms with Gasteiger partial charge in [-0.15, -0.1) is 0 Å². The minimum absolute atomic E-state index is 0.0305. The molecule has 1 aliphatic carbocycles. The smallest absolute Gasteiger partial charge is 0.252 e. The summed E-state index contributed by atoms with van der Waals surface area (Å²) >= 11 is 0. The zero-order valence-electron chi connectivity index (χ0n) is 36.7. The van der Waals surface area contributed by atoms with Crippen LogP contribution in [0, 0.1) is 0 Å². The van der Waals surface area contributed by atoms with E-state index in [0.29, 0.717) is 0 Å². The van der Waals surface area contributed by atoms with Gasteiger partial charge in [0.05, 0.1) is 16.9 Å². The zero-order valence-corrected chi connectivity index (χ0v) is 36.7. The Morgan fingerprint density at radius 3 is 2.16 bits per heavy atom. The Kier molecular flexibility index (Phi) is 7.57. The van der Waals surface area contributed by atoms with Gasteiger partial charge in [0.25, 0.3) is 6.71 Å². The second-order valence-corrected chi connectivity index (χ2v) is 20.0. The molecule has 0 spiro atoms. The minimum Gasteiger partial charge on any atom is -0.454 e. The number of hydrogen-bond acceptors (Lipinski definition) is 4. The van der Waals surface area contributed by atoms with Crippen molar-refractivity contribution in [2.24, 2.45) is 0 Å². The van der Waals surface area contributed by atoms with Gasteiger partial charge in [-0.25, -0.2) is 0 Å². The standard InChI is InChI=1S/C58H50BN3O/c1-56(2,3)38-34-50-53-51(35-38)62-54-44(57(4)32-13-14-33-58(57,62)5)25-17-26-46(54)59(53)45-31-30-40(36-49(45)60(50)39-20-7-6-8-21-39)61(47-27-15-19-37-18-9-10-22-41(37)47)48-28-16-24-43-42-23-11-12-29-52(42)63-55(43)48/h6-12,15-31,34-36H,13-14,32-33H2,1-5H3. The quantitative estimate of drug-likeness (QED) is 0.165. The Bertz CT molecular complexity index is 3360. The van der Waals surface area contributed by atoms with Gasteiger partial charge in [0, 0.05) is 55.7 Å². The molecule has 3 aliphatic heterocycles. The van der Waals surface area contributed by atoms with Crippen molar-refractivity contribution >= 4 is 101 Å². The van der Waals surface area contributed by atoms with E-state index in [9.17, 15) is 0 Å². The zero-order chi connectivity index (χ0) is 42.4. The van der Waals surface area contributed by atoms with Crippen LogP contribution in [0.5, 0.6) is 0 Å². The number of para-hydroxylation sites is 4. The van der Waals surface area contributed by atoms with Crippen LogP contribution in [0.25, 0.3) is 32.7 Å². The lowest BCUT2D eigenvalue weighted by Crippen LogP contribution is -2.64. The van der Waals surface area contributed by atoms with Gasteiger partial charge < -0.3 is 19.1 Å². The highest BCUT2D eigenvalue weighted by Gasteiger charge is 2.61. The van der Waals surface area contributed by atoms with Crippen molar-refractivity contribution in [3.05, 3.63) is 175 Å².